The number of urea groups is 1. The average Bonchev–Trinajstić information content (AvgIpc) is 2.60. The molecule has 25 heavy (non-hydrogen) atoms. The van der Waals surface area contributed by atoms with E-state index in [1.807, 2.05) is 58.0 Å². The Hall–Kier alpha value is -1.41. The zero-order valence-corrected chi connectivity index (χ0v) is 16.8. The van der Waals surface area contributed by atoms with E-state index in [4.69, 9.17) is 13.3 Å². The van der Waals surface area contributed by atoms with Crippen LogP contribution in [-0.4, -0.2) is 41.2 Å². The smallest absolute Gasteiger partial charge is 0.374 e. The van der Waals surface area contributed by atoms with Crippen molar-refractivity contribution in [1.82, 2.24) is 10.6 Å². The van der Waals surface area contributed by atoms with Crippen LogP contribution < -0.4 is 10.6 Å². The third kappa shape index (κ3) is 8.00. The Bertz CT molecular complexity index is 470. The molecule has 0 bridgehead atoms. The third-order valence-corrected chi connectivity index (χ3v) is 6.84. The van der Waals surface area contributed by atoms with Gasteiger partial charge in [-0.15, -0.1) is 0 Å². The van der Waals surface area contributed by atoms with Gasteiger partial charge in [0.2, 0.25) is 0 Å². The highest BCUT2D eigenvalue weighted by Crippen LogP contribution is 2.17. The number of hydrogen-bond acceptors (Lipinski definition) is 4. The van der Waals surface area contributed by atoms with Gasteiger partial charge in [0.25, 0.3) is 0 Å². The first-order valence-electron chi connectivity index (χ1n) is 9.08. The van der Waals surface area contributed by atoms with E-state index in [0.29, 0.717) is 32.4 Å². The lowest BCUT2D eigenvalue weighted by Gasteiger charge is -2.28. The second-order valence-electron chi connectivity index (χ2n) is 5.62. The van der Waals surface area contributed by atoms with E-state index < -0.39 is 8.80 Å². The van der Waals surface area contributed by atoms with Crippen molar-refractivity contribution in [1.29, 1.82) is 0 Å². The Labute approximate surface area is 152 Å². The molecule has 6 nitrogen and oxygen atoms in total. The van der Waals surface area contributed by atoms with Gasteiger partial charge >= 0.3 is 14.8 Å². The van der Waals surface area contributed by atoms with Crippen LogP contribution in [0.25, 0.3) is 0 Å². The molecule has 0 spiro atoms. The second-order valence-corrected chi connectivity index (χ2v) is 8.35. The van der Waals surface area contributed by atoms with Gasteiger partial charge in [-0.05, 0) is 39.7 Å². The van der Waals surface area contributed by atoms with Gasteiger partial charge in [0.15, 0.2) is 0 Å². The third-order valence-electron chi connectivity index (χ3n) is 3.69. The number of amides is 2. The van der Waals surface area contributed by atoms with Gasteiger partial charge in [-0.25, -0.2) is 4.79 Å². The Kier molecular flexibility index (Phi) is 10.4. The molecule has 0 radical (unpaired) electrons. The van der Waals surface area contributed by atoms with Crippen LogP contribution in [0.2, 0.25) is 6.04 Å². The van der Waals surface area contributed by atoms with E-state index in [1.54, 1.807) is 0 Å². The van der Waals surface area contributed by atoms with Crippen LogP contribution in [0.5, 0.6) is 0 Å². The van der Waals surface area contributed by atoms with E-state index >= 15 is 0 Å². The summed E-state index contributed by atoms with van der Waals surface area (Å²) in [6, 6.07) is 10.4. The second kappa shape index (κ2) is 12.0. The van der Waals surface area contributed by atoms with Gasteiger partial charge in [0.05, 0.1) is 6.04 Å². The minimum absolute atomic E-state index is 0.0371. The first-order chi connectivity index (χ1) is 12.1. The fraction of sp³-hybridized carbons (Fsp3) is 0.611. The van der Waals surface area contributed by atoms with Gasteiger partial charge in [0, 0.05) is 32.4 Å². The van der Waals surface area contributed by atoms with E-state index in [2.05, 4.69) is 10.6 Å². The zero-order valence-electron chi connectivity index (χ0n) is 15.8. The standard InChI is InChI=1S/C18H32N2O4Si/c1-5-22-25(23-6-2,24-7-3)15-11-14-19-18(21)20-16(4)17-12-9-8-10-13-17/h8-10,12-13,16H,5-7,11,14-15H2,1-4H3,(H2,19,20,21)/t16-/m0/s1. The lowest BCUT2D eigenvalue weighted by atomic mass is 10.1. The predicted octanol–water partition coefficient (Wildman–Crippen LogP) is 3.49. The maximum atomic E-state index is 12.0. The van der Waals surface area contributed by atoms with Crippen molar-refractivity contribution in [3.05, 3.63) is 35.9 Å². The number of carbonyl (C=O) groups excluding carboxylic acids is 1. The van der Waals surface area contributed by atoms with Crippen molar-refractivity contribution < 1.29 is 18.1 Å². The van der Waals surface area contributed by atoms with Crippen molar-refractivity contribution in [3.8, 4) is 0 Å². The van der Waals surface area contributed by atoms with Gasteiger partial charge in [0.1, 0.15) is 0 Å². The summed E-state index contributed by atoms with van der Waals surface area (Å²) >= 11 is 0. The Morgan fingerprint density at radius 2 is 1.60 bits per heavy atom. The maximum Gasteiger partial charge on any atom is 0.500 e. The van der Waals surface area contributed by atoms with Gasteiger partial charge in [-0.2, -0.15) is 0 Å². The molecule has 0 unspecified atom stereocenters. The molecule has 7 heteroatoms. The number of benzene rings is 1. The molecule has 0 aromatic heterocycles. The van der Waals surface area contributed by atoms with Crippen molar-refractivity contribution in [3.63, 3.8) is 0 Å². The lowest BCUT2D eigenvalue weighted by molar-refractivity contribution is 0.0708. The number of nitrogens with one attached hydrogen (secondary N) is 2. The summed E-state index contributed by atoms with van der Waals surface area (Å²) < 4.78 is 17.4. The molecule has 1 atom stereocenters. The van der Waals surface area contributed by atoms with Crippen molar-refractivity contribution in [2.75, 3.05) is 26.4 Å². The summed E-state index contributed by atoms with van der Waals surface area (Å²) in [6.07, 6.45) is 0.749. The molecule has 142 valence electrons. The highest BCUT2D eigenvalue weighted by molar-refractivity contribution is 6.60. The molecule has 0 fully saturated rings. The first-order valence-corrected chi connectivity index (χ1v) is 11.0. The minimum Gasteiger partial charge on any atom is -0.374 e. The average molecular weight is 369 g/mol. The van der Waals surface area contributed by atoms with Gasteiger partial charge in [-0.1, -0.05) is 30.3 Å². The van der Waals surface area contributed by atoms with Crippen LogP contribution in [0.4, 0.5) is 4.79 Å². The number of hydrogen-bond donors (Lipinski definition) is 2. The fourth-order valence-corrected chi connectivity index (χ4v) is 5.19. The Morgan fingerprint density at radius 3 is 2.12 bits per heavy atom. The van der Waals surface area contributed by atoms with Crippen LogP contribution >= 0.6 is 0 Å². The molecular formula is C18H32N2O4Si. The quantitative estimate of drug-likeness (QED) is 0.438. The molecule has 0 saturated heterocycles. The monoisotopic (exact) mass is 368 g/mol. The summed E-state index contributed by atoms with van der Waals surface area (Å²) in [5.74, 6) is 0. The van der Waals surface area contributed by atoms with Crippen LogP contribution in [0.15, 0.2) is 30.3 Å². The highest BCUT2D eigenvalue weighted by atomic mass is 28.4. The molecular weight excluding hydrogens is 336 g/mol. The molecule has 0 aliphatic heterocycles. The van der Waals surface area contributed by atoms with Crippen LogP contribution in [0.3, 0.4) is 0 Å². The van der Waals surface area contributed by atoms with E-state index in [9.17, 15) is 4.79 Å². The topological polar surface area (TPSA) is 68.8 Å². The summed E-state index contributed by atoms with van der Waals surface area (Å²) in [4.78, 5) is 12.0. The normalized spacial score (nSPS) is 12.6. The minimum atomic E-state index is -2.62. The molecule has 1 aromatic carbocycles. The first kappa shape index (κ1) is 21.6. The summed E-state index contributed by atoms with van der Waals surface area (Å²) in [6.45, 7) is 10.0. The van der Waals surface area contributed by atoms with Crippen molar-refractivity contribution in [2.45, 2.75) is 46.2 Å². The zero-order chi connectivity index (χ0) is 18.5. The van der Waals surface area contributed by atoms with E-state index in [1.165, 1.54) is 0 Å². The van der Waals surface area contributed by atoms with Crippen LogP contribution in [0.1, 0.15) is 45.7 Å². The Balaban J connectivity index is 2.38. The molecule has 0 aliphatic rings. The Morgan fingerprint density at radius 1 is 1.04 bits per heavy atom. The SMILES string of the molecule is CCO[Si](CCCNC(=O)N[C@@H](C)c1ccccc1)(OCC)OCC. The molecule has 0 aliphatic carbocycles. The maximum absolute atomic E-state index is 12.0. The summed E-state index contributed by atoms with van der Waals surface area (Å²) in [5, 5.41) is 5.82. The van der Waals surface area contributed by atoms with E-state index in [-0.39, 0.29) is 12.1 Å². The van der Waals surface area contributed by atoms with E-state index in [0.717, 1.165) is 12.0 Å². The lowest BCUT2D eigenvalue weighted by Crippen LogP contribution is -2.46. The predicted molar refractivity (Wildman–Crippen MR) is 101 cm³/mol. The van der Waals surface area contributed by atoms with Crippen LogP contribution in [-0.2, 0) is 13.3 Å². The van der Waals surface area contributed by atoms with Crippen molar-refractivity contribution in [2.24, 2.45) is 0 Å². The number of carbonyl (C=O) groups is 1. The van der Waals surface area contributed by atoms with Gasteiger partial charge in [-0.3, -0.25) is 0 Å². The largest absolute Gasteiger partial charge is 0.500 e. The summed E-state index contributed by atoms with van der Waals surface area (Å²) in [7, 11) is -2.62. The van der Waals surface area contributed by atoms with Crippen LogP contribution in [0, 0.1) is 0 Å². The van der Waals surface area contributed by atoms with Crippen molar-refractivity contribution >= 4 is 14.8 Å². The molecule has 1 rings (SSSR count). The molecule has 0 heterocycles. The fourth-order valence-electron chi connectivity index (χ4n) is 2.58. The molecule has 1 aromatic rings. The molecule has 0 saturated carbocycles. The van der Waals surface area contributed by atoms with Gasteiger partial charge < -0.3 is 23.9 Å². The highest BCUT2D eigenvalue weighted by Gasteiger charge is 2.39. The number of rotatable bonds is 12. The summed E-state index contributed by atoms with van der Waals surface area (Å²) in [5.41, 5.74) is 1.08. The molecule has 2 amide bonds. The molecule has 2 N–H and O–H groups in total.